The van der Waals surface area contributed by atoms with E-state index in [1.54, 1.807) is 0 Å². The Balaban J connectivity index is 1.13. The highest BCUT2D eigenvalue weighted by Gasteiger charge is 2.36. The van der Waals surface area contributed by atoms with Crippen LogP contribution in [0.25, 0.3) is 76.2 Å². The molecular formula is C96H94N4O4. The summed E-state index contributed by atoms with van der Waals surface area (Å²) in [5.41, 5.74) is 20.0. The standard InChI is InChI=1S/C96H94N4O4/c1-17-67-71-29-21-25-33-83(71)101-89(67)97(63-45-37-59(38-46-63)93(5,6)7)79-57-80(98(64-47-39-60(40-48-64)94(8,9)10)90-68(18-2)72-30-22-26-34-84(72)102-90)76-55-56-78-82(100(66-51-43-62(44-52-66)96(14,15)16)92-70(20-4)74-32-24-28-36-86(74)104-92)58-81(77-54-53-75(79)87(76)88(77)78)99(65-49-41-61(42-50-65)95(11,12)13)91-69(19-3)73-31-23-27-35-85(73)103-91/h21-58H,17-20H2,1-16H3. The predicted molar refractivity (Wildman–Crippen MR) is 440 cm³/mol. The molecule has 16 rings (SSSR count). The Morgan fingerprint density at radius 3 is 0.606 bits per heavy atom. The van der Waals surface area contributed by atoms with E-state index in [0.717, 1.165) is 193 Å². The number of furan rings is 4. The number of rotatable bonds is 16. The molecule has 0 amide bonds. The Morgan fingerprint density at radius 2 is 0.423 bits per heavy atom. The molecule has 0 atom stereocenters. The summed E-state index contributed by atoms with van der Waals surface area (Å²) in [5.74, 6) is 3.06. The van der Waals surface area contributed by atoms with Gasteiger partial charge < -0.3 is 17.7 Å². The highest BCUT2D eigenvalue weighted by Crippen LogP contribution is 2.58. The number of benzene rings is 12. The Bertz CT molecular complexity index is 5170. The van der Waals surface area contributed by atoms with E-state index in [9.17, 15) is 0 Å². The van der Waals surface area contributed by atoms with Gasteiger partial charge in [-0.1, -0.05) is 256 Å². The first-order chi connectivity index (χ1) is 49.9. The number of para-hydroxylation sites is 4. The minimum absolute atomic E-state index is 0.106. The first-order valence-corrected chi connectivity index (χ1v) is 37.4. The summed E-state index contributed by atoms with van der Waals surface area (Å²) in [6, 6.07) is 85.2. The SMILES string of the molecule is CCc1c(N(c2ccc(C(C)(C)C)cc2)c2cc(N(c3ccc(C(C)(C)C)cc3)c3oc4ccccc4c3CC)c3ccc4c(N(c5ccc(C(C)(C)C)cc5)c5oc6ccccc6c5CC)cc(N(c5ccc(C(C)(C)C)cc5)c5oc6ccccc6c5CC)c5ccc2c3c54)oc2ccccc12. The predicted octanol–water partition coefficient (Wildman–Crippen LogP) is 28.9. The molecule has 0 fully saturated rings. The summed E-state index contributed by atoms with van der Waals surface area (Å²) in [4.78, 5) is 9.66. The Morgan fingerprint density at radius 1 is 0.231 bits per heavy atom. The summed E-state index contributed by atoms with van der Waals surface area (Å²) in [7, 11) is 0. The van der Waals surface area contributed by atoms with Crippen LogP contribution in [0.15, 0.2) is 248 Å². The zero-order valence-corrected chi connectivity index (χ0v) is 63.2. The lowest BCUT2D eigenvalue weighted by atomic mass is 9.86. The molecule has 522 valence electrons. The smallest absolute Gasteiger partial charge is 0.209 e. The van der Waals surface area contributed by atoms with Crippen molar-refractivity contribution in [1.29, 1.82) is 0 Å². The van der Waals surface area contributed by atoms with E-state index in [4.69, 9.17) is 17.7 Å². The van der Waals surface area contributed by atoms with Crippen molar-refractivity contribution in [1.82, 2.24) is 0 Å². The van der Waals surface area contributed by atoms with Gasteiger partial charge in [0.2, 0.25) is 23.5 Å². The van der Waals surface area contributed by atoms with E-state index in [2.05, 4.69) is 361 Å². The Kier molecular flexibility index (Phi) is 16.5. The van der Waals surface area contributed by atoms with Gasteiger partial charge in [0.25, 0.3) is 0 Å². The van der Waals surface area contributed by atoms with E-state index in [-0.39, 0.29) is 21.7 Å². The zero-order chi connectivity index (χ0) is 72.5. The molecule has 12 aromatic carbocycles. The Labute approximate surface area is 612 Å². The quantitative estimate of drug-likeness (QED) is 0.0887. The topological polar surface area (TPSA) is 65.5 Å². The van der Waals surface area contributed by atoms with Gasteiger partial charge in [0.1, 0.15) is 22.3 Å². The fourth-order valence-electron chi connectivity index (χ4n) is 16.0. The number of hydrogen-bond donors (Lipinski definition) is 0. The molecule has 0 aliphatic rings. The van der Waals surface area contributed by atoms with Gasteiger partial charge in [0, 0.05) is 98.9 Å². The molecular weight excluding hydrogens is 1270 g/mol. The number of nitrogens with zero attached hydrogens (tertiary/aromatic N) is 4. The molecule has 8 heteroatoms. The van der Waals surface area contributed by atoms with Crippen molar-refractivity contribution in [3.8, 4) is 0 Å². The molecule has 0 aliphatic carbocycles. The summed E-state index contributed by atoms with van der Waals surface area (Å²) in [5, 5.41) is 10.6. The van der Waals surface area contributed by atoms with Crippen molar-refractivity contribution in [2.24, 2.45) is 0 Å². The van der Waals surface area contributed by atoms with Crippen LogP contribution in [0.4, 0.5) is 69.0 Å². The van der Waals surface area contributed by atoms with Crippen molar-refractivity contribution in [2.45, 2.75) is 158 Å². The molecule has 0 radical (unpaired) electrons. The maximum atomic E-state index is 7.45. The molecule has 0 unspecified atom stereocenters. The van der Waals surface area contributed by atoms with Gasteiger partial charge in [-0.05, 0) is 155 Å². The Hall–Kier alpha value is -11.0. The van der Waals surface area contributed by atoms with Crippen molar-refractivity contribution in [3.05, 3.63) is 275 Å². The fourth-order valence-corrected chi connectivity index (χ4v) is 16.0. The van der Waals surface area contributed by atoms with Crippen LogP contribution in [-0.4, -0.2) is 0 Å². The molecule has 0 spiro atoms. The van der Waals surface area contributed by atoms with Crippen LogP contribution < -0.4 is 19.6 Å². The monoisotopic (exact) mass is 1370 g/mol. The van der Waals surface area contributed by atoms with Gasteiger partial charge >= 0.3 is 0 Å². The second-order valence-electron chi connectivity index (χ2n) is 32.4. The van der Waals surface area contributed by atoms with Crippen molar-refractivity contribution in [2.75, 3.05) is 19.6 Å². The van der Waals surface area contributed by atoms with Crippen LogP contribution in [0.3, 0.4) is 0 Å². The van der Waals surface area contributed by atoms with Gasteiger partial charge in [-0.3, -0.25) is 19.6 Å². The fraction of sp³-hybridized carbons (Fsp3) is 0.250. The lowest BCUT2D eigenvalue weighted by molar-refractivity contribution is 0.589. The molecule has 8 nitrogen and oxygen atoms in total. The van der Waals surface area contributed by atoms with Crippen LogP contribution >= 0.6 is 0 Å². The van der Waals surface area contributed by atoms with E-state index in [1.165, 1.54) is 22.3 Å². The average molecular weight is 1370 g/mol. The molecule has 4 aromatic heterocycles. The van der Waals surface area contributed by atoms with E-state index in [0.29, 0.717) is 0 Å². The summed E-state index contributed by atoms with van der Waals surface area (Å²) in [6.07, 6.45) is 2.90. The van der Waals surface area contributed by atoms with Crippen LogP contribution in [0, 0.1) is 0 Å². The highest BCUT2D eigenvalue weighted by atomic mass is 16.4. The zero-order valence-electron chi connectivity index (χ0n) is 63.2. The normalized spacial score (nSPS) is 12.6. The van der Waals surface area contributed by atoms with Gasteiger partial charge in [0.05, 0.1) is 22.7 Å². The maximum absolute atomic E-state index is 7.45. The molecule has 16 aromatic rings. The molecule has 4 heterocycles. The lowest BCUT2D eigenvalue weighted by Crippen LogP contribution is -2.17. The maximum Gasteiger partial charge on any atom is 0.209 e. The van der Waals surface area contributed by atoms with Crippen LogP contribution in [0.5, 0.6) is 0 Å². The lowest BCUT2D eigenvalue weighted by Gasteiger charge is -2.33. The van der Waals surface area contributed by atoms with Crippen LogP contribution in [0.1, 0.15) is 155 Å². The summed E-state index contributed by atoms with van der Waals surface area (Å²) >= 11 is 0. The third-order valence-corrected chi connectivity index (χ3v) is 21.7. The average Bonchev–Trinajstić information content (AvgIpc) is 0.812. The van der Waals surface area contributed by atoms with Crippen LogP contribution in [-0.2, 0) is 47.3 Å². The minimum Gasteiger partial charge on any atom is -0.439 e. The first-order valence-electron chi connectivity index (χ1n) is 37.4. The van der Waals surface area contributed by atoms with Gasteiger partial charge in [-0.25, -0.2) is 0 Å². The third kappa shape index (κ3) is 11.3. The molecule has 104 heavy (non-hydrogen) atoms. The van der Waals surface area contributed by atoms with E-state index >= 15 is 0 Å². The van der Waals surface area contributed by atoms with E-state index in [1.807, 2.05) is 0 Å². The van der Waals surface area contributed by atoms with Crippen molar-refractivity contribution < 1.29 is 17.7 Å². The molecule has 0 N–H and O–H groups in total. The number of hydrogen-bond acceptors (Lipinski definition) is 8. The second kappa shape index (κ2) is 25.5. The summed E-state index contributed by atoms with van der Waals surface area (Å²) < 4.78 is 29.8. The van der Waals surface area contributed by atoms with Gasteiger partial charge in [-0.2, -0.15) is 0 Å². The molecule has 0 bridgehead atoms. The van der Waals surface area contributed by atoms with Crippen molar-refractivity contribution in [3.63, 3.8) is 0 Å². The largest absolute Gasteiger partial charge is 0.439 e. The van der Waals surface area contributed by atoms with Crippen LogP contribution in [0.2, 0.25) is 0 Å². The van der Waals surface area contributed by atoms with Crippen molar-refractivity contribution >= 4 is 145 Å². The third-order valence-electron chi connectivity index (χ3n) is 21.7. The molecule has 0 aliphatic heterocycles. The second-order valence-corrected chi connectivity index (χ2v) is 32.4. The molecule has 0 saturated carbocycles. The van der Waals surface area contributed by atoms with Gasteiger partial charge in [0.15, 0.2) is 0 Å². The summed E-state index contributed by atoms with van der Waals surface area (Å²) in [6.45, 7) is 36.4. The highest BCUT2D eigenvalue weighted by molar-refractivity contribution is 6.33. The minimum atomic E-state index is -0.106. The number of anilines is 12. The van der Waals surface area contributed by atoms with E-state index < -0.39 is 0 Å². The number of aryl methyl sites for hydroxylation is 4. The number of fused-ring (bicyclic) bond motifs is 4. The van der Waals surface area contributed by atoms with Gasteiger partial charge in [-0.15, -0.1) is 0 Å². The first kappa shape index (κ1) is 67.5. The molecule has 0 saturated heterocycles.